The number of carbonyl (C=O) groups excluding carboxylic acids is 4. The van der Waals surface area contributed by atoms with E-state index >= 15 is 0 Å². The number of aryl methyl sites for hydroxylation is 2. The van der Waals surface area contributed by atoms with E-state index in [9.17, 15) is 32.3 Å². The van der Waals surface area contributed by atoms with E-state index in [-0.39, 0.29) is 35.6 Å². The van der Waals surface area contributed by atoms with Crippen molar-refractivity contribution in [3.63, 3.8) is 0 Å². The lowest BCUT2D eigenvalue weighted by Gasteiger charge is -2.28. The number of ketones is 1. The number of esters is 3. The number of carbonyl (C=O) groups is 4. The number of nitrogens with zero attached hydrogens (tertiary/aromatic N) is 2. The van der Waals surface area contributed by atoms with Crippen molar-refractivity contribution >= 4 is 67.4 Å². The number of halogens is 4. The summed E-state index contributed by atoms with van der Waals surface area (Å²) in [5, 5.41) is 0.419. The first kappa shape index (κ1) is 44.6. The molecule has 1 saturated carbocycles. The van der Waals surface area contributed by atoms with E-state index < -0.39 is 28.2 Å². The van der Waals surface area contributed by atoms with E-state index in [1.807, 2.05) is 0 Å². The van der Waals surface area contributed by atoms with Gasteiger partial charge in [0.05, 0.1) is 42.5 Å². The number of nitrogen functional groups attached to an aromatic ring is 1. The second kappa shape index (κ2) is 17.6. The Morgan fingerprint density at radius 2 is 1.08 bits per heavy atom. The number of Topliss-reactive ketones (excluding diaryl/α,β-unsaturated/α-hetero) is 1. The summed E-state index contributed by atoms with van der Waals surface area (Å²) in [7, 11) is 4.01. The van der Waals surface area contributed by atoms with Gasteiger partial charge in [-0.3, -0.25) is 19.2 Å². The zero-order valence-corrected chi connectivity index (χ0v) is 37.0. The number of nitrogens with two attached hydrogens (primary N) is 1. The number of methoxy groups -OCH3 is 3. The first-order chi connectivity index (χ1) is 28.5. The van der Waals surface area contributed by atoms with Gasteiger partial charge < -0.3 is 19.9 Å². The monoisotopic (exact) mass is 925 g/mol. The fourth-order valence-electron chi connectivity index (χ4n) is 8.85. The van der Waals surface area contributed by atoms with Gasteiger partial charge in [0.1, 0.15) is 39.5 Å². The van der Waals surface area contributed by atoms with E-state index in [0.29, 0.717) is 77.0 Å². The Balaban J connectivity index is 0.000000152. The third kappa shape index (κ3) is 7.55. The first-order valence-corrected chi connectivity index (χ1v) is 21.4. The van der Waals surface area contributed by atoms with Gasteiger partial charge in [-0.1, -0.05) is 36.4 Å². The molecule has 2 N–H and O–H groups in total. The normalized spacial score (nSPS) is 21.2. The molecular weight excluding hydrogens is 884 g/mol. The van der Waals surface area contributed by atoms with E-state index in [1.165, 1.54) is 62.2 Å². The Hall–Kier alpha value is -4.93. The molecule has 0 amide bonds. The van der Waals surface area contributed by atoms with Crippen LogP contribution >= 0.6 is 38.6 Å². The topological polar surface area (TPSA) is 148 Å². The molecule has 10 nitrogen and oxygen atoms in total. The summed E-state index contributed by atoms with van der Waals surface area (Å²) in [6.07, 6.45) is 3.23. The summed E-state index contributed by atoms with van der Waals surface area (Å²) in [6.45, 7) is 5.00. The number of anilines is 1. The molecule has 0 aliphatic heterocycles. The van der Waals surface area contributed by atoms with Gasteiger partial charge in [-0.05, 0) is 120 Å². The van der Waals surface area contributed by atoms with E-state index in [4.69, 9.17) is 19.9 Å². The molecule has 16 heteroatoms. The molecule has 0 spiro atoms. The lowest BCUT2D eigenvalue weighted by molar-refractivity contribution is -0.148. The predicted molar refractivity (Wildman–Crippen MR) is 225 cm³/mol. The van der Waals surface area contributed by atoms with Crippen LogP contribution < -0.4 is 5.73 Å². The van der Waals surface area contributed by atoms with Gasteiger partial charge in [0.25, 0.3) is 0 Å². The maximum absolute atomic E-state index is 14.0. The van der Waals surface area contributed by atoms with Crippen molar-refractivity contribution in [2.75, 3.05) is 27.1 Å². The Morgan fingerprint density at radius 3 is 1.53 bits per heavy atom. The maximum Gasteiger partial charge on any atom is 0.321 e. The van der Waals surface area contributed by atoms with Crippen molar-refractivity contribution in [3.05, 3.63) is 130 Å². The van der Waals surface area contributed by atoms with Crippen LogP contribution in [0, 0.1) is 38.2 Å². The van der Waals surface area contributed by atoms with Crippen LogP contribution in [0.3, 0.4) is 0 Å². The summed E-state index contributed by atoms with van der Waals surface area (Å²) >= 11 is 6.07. The SMILES string of the molecule is COC(=O)[C@@]1(c2cccc(F)c2C)CCC(=O)C1.COC(=O)[C@@]1(c2cccc(F)c2C)CCc2nc(Br)sc21.COC(=O)[C@@]1(c2cccc(F)c2C)CCc2nc(N)sc21. The standard InChI is InChI=1S/C15H13BrFNO2S.C15H15FN2O2S.C14H15FO3/c1-8-9(4-3-5-10(8)17)15(13(19)20-2)7-6-11-12(15)21-14(16)18-11;1-8-9(4-3-5-10(8)16)15(13(19)20-2)7-6-11-12(15)21-14(17)18-11;1-9-11(4-3-5-12(9)15)14(13(17)18-2)7-6-10(16)8-14/h3-5H,6-7H2,1-2H3;3-5H,6-7H2,1-2H3,(H2,17,18);3-5H,6-8H2,1-2H3/t2*15-;14-/m110/s1. The number of fused-ring (bicyclic) bond motifs is 2. The number of hydrogen-bond acceptors (Lipinski definition) is 12. The number of aromatic nitrogens is 2. The molecule has 60 heavy (non-hydrogen) atoms. The average molecular weight is 927 g/mol. The third-order valence-electron chi connectivity index (χ3n) is 11.8. The number of ether oxygens (including phenoxy) is 3. The molecular formula is C44H43BrF3N3O7S2. The molecule has 2 aromatic heterocycles. The number of hydrogen-bond donors (Lipinski definition) is 1. The Labute approximate surface area is 361 Å². The fraction of sp³-hybridized carbons (Fsp3) is 0.364. The second-order valence-corrected chi connectivity index (χ2v) is 18.2. The quantitative estimate of drug-likeness (QED) is 0.130. The summed E-state index contributed by atoms with van der Waals surface area (Å²) < 4.78 is 57.2. The van der Waals surface area contributed by atoms with Crippen molar-refractivity contribution in [2.45, 2.75) is 82.0 Å². The van der Waals surface area contributed by atoms with Crippen molar-refractivity contribution in [1.82, 2.24) is 9.97 Å². The molecule has 0 bridgehead atoms. The molecule has 316 valence electrons. The van der Waals surface area contributed by atoms with E-state index in [1.54, 1.807) is 57.2 Å². The fourth-order valence-corrected chi connectivity index (χ4v) is 11.7. The number of thiazole rings is 2. The van der Waals surface area contributed by atoms with Crippen LogP contribution in [0.1, 0.15) is 86.6 Å². The van der Waals surface area contributed by atoms with Crippen LogP contribution in [-0.4, -0.2) is 55.0 Å². The molecule has 3 atom stereocenters. The Kier molecular flexibility index (Phi) is 13.1. The molecule has 0 saturated heterocycles. The highest BCUT2D eigenvalue weighted by atomic mass is 79.9. The highest BCUT2D eigenvalue weighted by Gasteiger charge is 2.53. The van der Waals surface area contributed by atoms with Crippen LogP contribution in [-0.2, 0) is 62.5 Å². The lowest BCUT2D eigenvalue weighted by atomic mass is 9.76. The van der Waals surface area contributed by atoms with Crippen LogP contribution in [0.5, 0.6) is 0 Å². The van der Waals surface area contributed by atoms with Crippen molar-refractivity contribution in [2.24, 2.45) is 0 Å². The third-order valence-corrected chi connectivity index (χ3v) is 14.6. The maximum atomic E-state index is 14.0. The minimum atomic E-state index is -1.00. The smallest absolute Gasteiger partial charge is 0.321 e. The molecule has 0 unspecified atom stereocenters. The Bertz CT molecular complexity index is 2390. The predicted octanol–water partition coefficient (Wildman–Crippen LogP) is 8.63. The number of benzene rings is 3. The van der Waals surface area contributed by atoms with Gasteiger partial charge in [0.2, 0.25) is 0 Å². The highest BCUT2D eigenvalue weighted by Crippen LogP contribution is 2.51. The molecule has 5 aromatic rings. The molecule has 3 aromatic carbocycles. The largest absolute Gasteiger partial charge is 0.468 e. The minimum absolute atomic E-state index is 0.0176. The summed E-state index contributed by atoms with van der Waals surface area (Å²) in [4.78, 5) is 59.1. The first-order valence-electron chi connectivity index (χ1n) is 19.0. The van der Waals surface area contributed by atoms with Gasteiger partial charge in [-0.2, -0.15) is 0 Å². The molecule has 3 aliphatic rings. The molecule has 1 fully saturated rings. The Morgan fingerprint density at radius 1 is 0.650 bits per heavy atom. The summed E-state index contributed by atoms with van der Waals surface area (Å²) in [5.74, 6) is -2.19. The van der Waals surface area contributed by atoms with Gasteiger partial charge in [-0.25, -0.2) is 23.1 Å². The summed E-state index contributed by atoms with van der Waals surface area (Å²) in [5.41, 5.74) is 7.78. The van der Waals surface area contributed by atoms with Gasteiger partial charge >= 0.3 is 17.9 Å². The van der Waals surface area contributed by atoms with Crippen LogP contribution in [0.25, 0.3) is 0 Å². The molecule has 8 rings (SSSR count). The van der Waals surface area contributed by atoms with Gasteiger partial charge in [0, 0.05) is 12.8 Å². The average Bonchev–Trinajstić information content (AvgIpc) is 4.06. The molecule has 2 heterocycles. The van der Waals surface area contributed by atoms with Crippen molar-refractivity contribution in [1.29, 1.82) is 0 Å². The van der Waals surface area contributed by atoms with Gasteiger partial charge in [-0.15, -0.1) is 22.7 Å². The van der Waals surface area contributed by atoms with Crippen LogP contribution in [0.2, 0.25) is 0 Å². The van der Waals surface area contributed by atoms with Crippen molar-refractivity contribution < 1.29 is 46.6 Å². The second-order valence-electron chi connectivity index (χ2n) is 14.9. The lowest BCUT2D eigenvalue weighted by Crippen LogP contribution is -2.36. The molecule has 0 radical (unpaired) electrons. The van der Waals surface area contributed by atoms with Crippen LogP contribution in [0.15, 0.2) is 58.5 Å². The zero-order valence-electron chi connectivity index (χ0n) is 33.8. The minimum Gasteiger partial charge on any atom is -0.468 e. The van der Waals surface area contributed by atoms with E-state index in [2.05, 4.69) is 25.9 Å². The van der Waals surface area contributed by atoms with E-state index in [0.717, 1.165) is 25.1 Å². The highest BCUT2D eigenvalue weighted by molar-refractivity contribution is 9.11. The van der Waals surface area contributed by atoms with Crippen molar-refractivity contribution in [3.8, 4) is 0 Å². The summed E-state index contributed by atoms with van der Waals surface area (Å²) in [6, 6.07) is 14.2. The van der Waals surface area contributed by atoms with Crippen LogP contribution in [0.4, 0.5) is 18.3 Å². The van der Waals surface area contributed by atoms with Gasteiger partial charge in [0.15, 0.2) is 9.05 Å². The zero-order chi connectivity index (χ0) is 43.7. The number of rotatable bonds is 6. The molecule has 3 aliphatic carbocycles.